The number of nitrogens with one attached hydrogen (secondary N) is 2. The van der Waals surface area contributed by atoms with Gasteiger partial charge in [-0.25, -0.2) is 0 Å². The molecule has 2 amide bonds. The molecule has 0 saturated heterocycles. The van der Waals surface area contributed by atoms with Crippen LogP contribution < -0.4 is 10.6 Å². The Morgan fingerprint density at radius 3 is 2.33 bits per heavy atom. The van der Waals surface area contributed by atoms with Gasteiger partial charge in [-0.05, 0) is 49.3 Å². The van der Waals surface area contributed by atoms with E-state index in [1.807, 2.05) is 24.3 Å². The van der Waals surface area contributed by atoms with Gasteiger partial charge < -0.3 is 10.6 Å². The number of rotatable bonds is 9. The zero-order valence-corrected chi connectivity index (χ0v) is 17.3. The lowest BCUT2D eigenvalue weighted by Gasteiger charge is -2.36. The summed E-state index contributed by atoms with van der Waals surface area (Å²) in [5.41, 5.74) is 1.47. The number of unbranched alkanes of at least 4 members (excludes halogenated alkanes) is 1. The molecule has 0 aliphatic heterocycles. The van der Waals surface area contributed by atoms with Crippen LogP contribution in [0, 0.1) is 5.92 Å². The molecule has 27 heavy (non-hydrogen) atoms. The first-order chi connectivity index (χ1) is 13.0. The molecule has 150 valence electrons. The lowest BCUT2D eigenvalue weighted by Crippen LogP contribution is -2.46. The van der Waals surface area contributed by atoms with E-state index in [2.05, 4.69) is 31.4 Å². The lowest BCUT2D eigenvalue weighted by atomic mass is 9.68. The van der Waals surface area contributed by atoms with Crippen molar-refractivity contribution in [2.75, 3.05) is 11.9 Å². The van der Waals surface area contributed by atoms with E-state index in [1.54, 1.807) is 0 Å². The predicted octanol–water partition coefficient (Wildman–Crippen LogP) is 5.18. The maximum absolute atomic E-state index is 13.1. The van der Waals surface area contributed by atoms with Crippen molar-refractivity contribution in [3.8, 4) is 0 Å². The van der Waals surface area contributed by atoms with Crippen LogP contribution in [0.1, 0.15) is 84.1 Å². The Bertz CT molecular complexity index is 601. The van der Waals surface area contributed by atoms with E-state index in [9.17, 15) is 9.59 Å². The number of carbonyl (C=O) groups is 2. The largest absolute Gasteiger partial charge is 0.355 e. The normalized spacial score (nSPS) is 16.1. The molecule has 2 rings (SSSR count). The third-order valence-corrected chi connectivity index (χ3v) is 5.63. The Balaban J connectivity index is 2.09. The highest BCUT2D eigenvalue weighted by molar-refractivity contribution is 5.91. The van der Waals surface area contributed by atoms with Crippen LogP contribution in [0.2, 0.25) is 0 Å². The SMILES string of the molecule is CCCCC(=O)Nc1ccc(C2(C(=O)NCCC(C)C)CCCCC2)cc1. The summed E-state index contributed by atoms with van der Waals surface area (Å²) < 4.78 is 0. The second-order valence-electron chi connectivity index (χ2n) is 8.31. The fourth-order valence-electron chi connectivity index (χ4n) is 3.88. The fourth-order valence-corrected chi connectivity index (χ4v) is 3.88. The standard InChI is InChI=1S/C23H36N2O2/c1-4-5-9-21(26)25-20-12-10-19(11-13-20)23(15-7-6-8-16-23)22(27)24-17-14-18(2)3/h10-13,18H,4-9,14-17H2,1-3H3,(H,24,27)(H,25,26). The molecule has 0 heterocycles. The second-order valence-corrected chi connectivity index (χ2v) is 8.31. The van der Waals surface area contributed by atoms with Crippen LogP contribution in [0.25, 0.3) is 0 Å². The molecular weight excluding hydrogens is 336 g/mol. The third-order valence-electron chi connectivity index (χ3n) is 5.63. The van der Waals surface area contributed by atoms with E-state index in [4.69, 9.17) is 0 Å². The van der Waals surface area contributed by atoms with Crippen molar-refractivity contribution in [3.05, 3.63) is 29.8 Å². The van der Waals surface area contributed by atoms with E-state index in [1.165, 1.54) is 6.42 Å². The predicted molar refractivity (Wildman–Crippen MR) is 112 cm³/mol. The molecule has 0 unspecified atom stereocenters. The number of carbonyl (C=O) groups excluding carboxylic acids is 2. The van der Waals surface area contributed by atoms with Gasteiger partial charge in [0.25, 0.3) is 0 Å². The molecule has 1 saturated carbocycles. The minimum absolute atomic E-state index is 0.0587. The minimum atomic E-state index is -0.417. The summed E-state index contributed by atoms with van der Waals surface area (Å²) in [4.78, 5) is 25.0. The lowest BCUT2D eigenvalue weighted by molar-refractivity contribution is -0.128. The van der Waals surface area contributed by atoms with Gasteiger partial charge >= 0.3 is 0 Å². The maximum Gasteiger partial charge on any atom is 0.230 e. The van der Waals surface area contributed by atoms with Gasteiger partial charge in [0.1, 0.15) is 0 Å². The molecule has 0 atom stereocenters. The van der Waals surface area contributed by atoms with Crippen LogP contribution in [-0.2, 0) is 15.0 Å². The van der Waals surface area contributed by atoms with Crippen LogP contribution >= 0.6 is 0 Å². The minimum Gasteiger partial charge on any atom is -0.355 e. The molecule has 0 bridgehead atoms. The summed E-state index contributed by atoms with van der Waals surface area (Å²) in [6, 6.07) is 7.94. The van der Waals surface area contributed by atoms with Crippen LogP contribution in [-0.4, -0.2) is 18.4 Å². The van der Waals surface area contributed by atoms with E-state index < -0.39 is 5.41 Å². The van der Waals surface area contributed by atoms with Crippen LogP contribution in [0.3, 0.4) is 0 Å². The molecule has 1 aromatic rings. The highest BCUT2D eigenvalue weighted by Gasteiger charge is 2.40. The van der Waals surface area contributed by atoms with Crippen molar-refractivity contribution in [3.63, 3.8) is 0 Å². The molecule has 1 aliphatic carbocycles. The van der Waals surface area contributed by atoms with Crippen molar-refractivity contribution in [2.24, 2.45) is 5.92 Å². The van der Waals surface area contributed by atoms with Crippen LogP contribution in [0.4, 0.5) is 5.69 Å². The molecule has 0 radical (unpaired) electrons. The van der Waals surface area contributed by atoms with Gasteiger partial charge in [-0.3, -0.25) is 9.59 Å². The summed E-state index contributed by atoms with van der Waals surface area (Å²) in [5.74, 6) is 0.814. The Morgan fingerprint density at radius 1 is 1.07 bits per heavy atom. The zero-order valence-electron chi connectivity index (χ0n) is 17.3. The number of amides is 2. The molecule has 2 N–H and O–H groups in total. The molecule has 1 aromatic carbocycles. The highest BCUT2D eigenvalue weighted by Crippen LogP contribution is 2.40. The van der Waals surface area contributed by atoms with E-state index in [-0.39, 0.29) is 11.8 Å². The van der Waals surface area contributed by atoms with Crippen molar-refractivity contribution in [1.29, 1.82) is 0 Å². The maximum atomic E-state index is 13.1. The van der Waals surface area contributed by atoms with Gasteiger partial charge in [-0.1, -0.05) is 58.6 Å². The average Bonchev–Trinajstić information content (AvgIpc) is 2.67. The summed E-state index contributed by atoms with van der Waals surface area (Å²) in [7, 11) is 0. The van der Waals surface area contributed by atoms with Gasteiger partial charge in [0.05, 0.1) is 5.41 Å². The fraction of sp³-hybridized carbons (Fsp3) is 0.652. The second kappa shape index (κ2) is 10.5. The molecule has 0 aromatic heterocycles. The molecule has 0 spiro atoms. The first kappa shape index (κ1) is 21.5. The number of benzene rings is 1. The van der Waals surface area contributed by atoms with E-state index in [0.717, 1.165) is 62.7 Å². The van der Waals surface area contributed by atoms with E-state index in [0.29, 0.717) is 12.3 Å². The first-order valence-corrected chi connectivity index (χ1v) is 10.7. The molecular formula is C23H36N2O2. The molecule has 1 fully saturated rings. The molecule has 1 aliphatic rings. The summed E-state index contributed by atoms with van der Waals surface area (Å²) in [6.07, 6.45) is 8.67. The van der Waals surface area contributed by atoms with Crippen molar-refractivity contribution in [1.82, 2.24) is 5.32 Å². The van der Waals surface area contributed by atoms with Crippen LogP contribution in [0.5, 0.6) is 0 Å². The van der Waals surface area contributed by atoms with Crippen molar-refractivity contribution in [2.45, 2.75) is 84.0 Å². The first-order valence-electron chi connectivity index (χ1n) is 10.7. The highest BCUT2D eigenvalue weighted by atomic mass is 16.2. The summed E-state index contributed by atoms with van der Waals surface area (Å²) in [5, 5.41) is 6.14. The number of hydrogen-bond acceptors (Lipinski definition) is 2. The van der Waals surface area contributed by atoms with Gasteiger partial charge in [-0.15, -0.1) is 0 Å². The van der Waals surface area contributed by atoms with E-state index >= 15 is 0 Å². The van der Waals surface area contributed by atoms with Crippen LogP contribution in [0.15, 0.2) is 24.3 Å². The van der Waals surface area contributed by atoms with Gasteiger partial charge in [0.15, 0.2) is 0 Å². The topological polar surface area (TPSA) is 58.2 Å². The van der Waals surface area contributed by atoms with Gasteiger partial charge in [0, 0.05) is 18.7 Å². The van der Waals surface area contributed by atoms with Gasteiger partial charge in [-0.2, -0.15) is 0 Å². The zero-order chi connectivity index (χ0) is 19.7. The Labute approximate surface area is 164 Å². The molecule has 4 heteroatoms. The van der Waals surface area contributed by atoms with Crippen molar-refractivity contribution < 1.29 is 9.59 Å². The third kappa shape index (κ3) is 6.08. The Morgan fingerprint density at radius 2 is 1.74 bits per heavy atom. The average molecular weight is 373 g/mol. The summed E-state index contributed by atoms with van der Waals surface area (Å²) in [6.45, 7) is 7.17. The number of anilines is 1. The smallest absolute Gasteiger partial charge is 0.230 e. The summed E-state index contributed by atoms with van der Waals surface area (Å²) >= 11 is 0. The Kier molecular flexibility index (Phi) is 8.33. The Hall–Kier alpha value is -1.84. The monoisotopic (exact) mass is 372 g/mol. The van der Waals surface area contributed by atoms with Gasteiger partial charge in [0.2, 0.25) is 11.8 Å². The number of hydrogen-bond donors (Lipinski definition) is 2. The quantitative estimate of drug-likeness (QED) is 0.627. The van der Waals surface area contributed by atoms with Crippen molar-refractivity contribution >= 4 is 17.5 Å². The molecule has 4 nitrogen and oxygen atoms in total.